The highest BCUT2D eigenvalue weighted by molar-refractivity contribution is 5.76. The van der Waals surface area contributed by atoms with Crippen molar-refractivity contribution in [2.75, 3.05) is 6.61 Å². The van der Waals surface area contributed by atoms with Crippen LogP contribution in [0, 0.1) is 0 Å². The number of hydrogen-bond acceptors (Lipinski definition) is 3. The number of amides is 1. The van der Waals surface area contributed by atoms with Gasteiger partial charge in [-0.15, -0.1) is 0 Å². The summed E-state index contributed by atoms with van der Waals surface area (Å²) in [6.45, 7) is 4.21. The van der Waals surface area contributed by atoms with Gasteiger partial charge in [-0.3, -0.25) is 4.79 Å². The third-order valence-corrected chi connectivity index (χ3v) is 14.6. The molecule has 0 fully saturated rings. The Morgan fingerprint density at radius 2 is 0.616 bits per heavy atom. The number of carbonyl (C=O) groups is 1. The second kappa shape index (κ2) is 63.9. The van der Waals surface area contributed by atoms with Crippen molar-refractivity contribution in [2.24, 2.45) is 0 Å². The van der Waals surface area contributed by atoms with Gasteiger partial charge in [0.05, 0.1) is 18.8 Å². The van der Waals surface area contributed by atoms with Crippen LogP contribution in [0.1, 0.15) is 328 Å². The molecule has 0 aliphatic heterocycles. The van der Waals surface area contributed by atoms with E-state index in [0.29, 0.717) is 6.42 Å². The molecule has 0 rings (SSSR count). The maximum Gasteiger partial charge on any atom is 0.220 e. The molecular formula is C69H125NO3. The average molecular weight is 1020 g/mol. The van der Waals surface area contributed by atoms with Crippen LogP contribution in [0.5, 0.6) is 0 Å². The number of aliphatic hydroxyl groups excluding tert-OH is 2. The summed E-state index contributed by atoms with van der Waals surface area (Å²) in [5.41, 5.74) is 0. The van der Waals surface area contributed by atoms with Crippen LogP contribution in [0.25, 0.3) is 0 Å². The van der Waals surface area contributed by atoms with Crippen LogP contribution in [0.15, 0.2) is 85.1 Å². The standard InChI is InChI=1S/C69H125NO3/c1-3-5-7-9-11-13-15-17-19-21-23-25-26-27-28-29-30-31-32-33-34-35-36-37-38-39-40-41-42-43-44-45-47-49-51-53-55-57-59-61-63-65-69(73)70-67(66-71)68(72)64-62-60-58-56-54-52-50-48-46-24-22-20-18-16-14-12-10-8-6-4-2/h5,7,11,13,17,19,23,25,27-28,54,56,62,64,67-68,71-72H,3-4,6,8-10,12,14-16,18,20-22,24,26,29-53,55,57-61,63,65-66H2,1-2H3,(H,70,73)/b7-5-,13-11-,19-17-,25-23-,28-27-,56-54+,64-62+. The summed E-state index contributed by atoms with van der Waals surface area (Å²) < 4.78 is 0. The first kappa shape index (κ1) is 70.6. The zero-order chi connectivity index (χ0) is 52.7. The number of carbonyl (C=O) groups excluding carboxylic acids is 1. The van der Waals surface area contributed by atoms with E-state index in [2.05, 4.69) is 92.1 Å². The maximum atomic E-state index is 12.5. The number of allylic oxidation sites excluding steroid dienone is 13. The number of aliphatic hydroxyl groups is 2. The Kier molecular flexibility index (Phi) is 61.7. The predicted molar refractivity (Wildman–Crippen MR) is 327 cm³/mol. The topological polar surface area (TPSA) is 69.6 Å². The number of unbranched alkanes of at least 4 members (excludes halogenated alkanes) is 40. The van der Waals surface area contributed by atoms with E-state index in [0.717, 1.165) is 64.2 Å². The van der Waals surface area contributed by atoms with Crippen LogP contribution in [-0.4, -0.2) is 34.9 Å². The van der Waals surface area contributed by atoms with Crippen molar-refractivity contribution in [3.63, 3.8) is 0 Å². The molecule has 0 aliphatic rings. The zero-order valence-corrected chi connectivity index (χ0v) is 48.9. The van der Waals surface area contributed by atoms with E-state index in [4.69, 9.17) is 0 Å². The van der Waals surface area contributed by atoms with Gasteiger partial charge in [-0.1, -0.05) is 330 Å². The fraction of sp³-hybridized carbons (Fsp3) is 0.783. The first-order chi connectivity index (χ1) is 36.2. The molecule has 0 bridgehead atoms. The minimum atomic E-state index is -0.864. The van der Waals surface area contributed by atoms with Crippen molar-refractivity contribution in [3.8, 4) is 0 Å². The molecule has 2 unspecified atom stereocenters. The van der Waals surface area contributed by atoms with Gasteiger partial charge in [-0.05, 0) is 77.0 Å². The molecule has 0 saturated heterocycles. The number of nitrogens with one attached hydrogen (secondary N) is 1. The summed E-state index contributed by atoms with van der Waals surface area (Å²) in [5.74, 6) is -0.0692. The van der Waals surface area contributed by atoms with Gasteiger partial charge in [0.25, 0.3) is 0 Å². The fourth-order valence-electron chi connectivity index (χ4n) is 9.75. The molecule has 0 aromatic heterocycles. The van der Waals surface area contributed by atoms with Crippen molar-refractivity contribution in [3.05, 3.63) is 85.1 Å². The molecule has 0 aromatic rings. The van der Waals surface area contributed by atoms with Gasteiger partial charge < -0.3 is 15.5 Å². The van der Waals surface area contributed by atoms with Crippen molar-refractivity contribution in [2.45, 2.75) is 341 Å². The summed E-state index contributed by atoms with van der Waals surface area (Å²) in [4.78, 5) is 12.5. The lowest BCUT2D eigenvalue weighted by molar-refractivity contribution is -0.123. The van der Waals surface area contributed by atoms with Crippen LogP contribution in [0.3, 0.4) is 0 Å². The van der Waals surface area contributed by atoms with Crippen molar-refractivity contribution in [1.82, 2.24) is 5.32 Å². The molecule has 0 heterocycles. The zero-order valence-electron chi connectivity index (χ0n) is 48.9. The molecule has 0 radical (unpaired) electrons. The molecule has 1 amide bonds. The number of hydrogen-bond donors (Lipinski definition) is 3. The van der Waals surface area contributed by atoms with Gasteiger partial charge in [0.2, 0.25) is 5.91 Å². The van der Waals surface area contributed by atoms with E-state index in [1.807, 2.05) is 6.08 Å². The molecule has 424 valence electrons. The minimum Gasteiger partial charge on any atom is -0.394 e. The largest absolute Gasteiger partial charge is 0.394 e. The third kappa shape index (κ3) is 60.3. The normalized spacial score (nSPS) is 13.3. The second-order valence-electron chi connectivity index (χ2n) is 21.8. The summed E-state index contributed by atoms with van der Waals surface area (Å²) in [6.07, 6.45) is 93.6. The molecule has 2 atom stereocenters. The summed E-state index contributed by atoms with van der Waals surface area (Å²) in [6, 6.07) is -0.641. The summed E-state index contributed by atoms with van der Waals surface area (Å²) >= 11 is 0. The van der Waals surface area contributed by atoms with Crippen molar-refractivity contribution < 1.29 is 15.0 Å². The Morgan fingerprint density at radius 1 is 0.342 bits per heavy atom. The Hall–Kier alpha value is -2.43. The molecule has 0 aliphatic carbocycles. The van der Waals surface area contributed by atoms with E-state index >= 15 is 0 Å². The van der Waals surface area contributed by atoms with Gasteiger partial charge in [0.15, 0.2) is 0 Å². The smallest absolute Gasteiger partial charge is 0.220 e. The Bertz CT molecular complexity index is 1290. The van der Waals surface area contributed by atoms with Gasteiger partial charge in [0.1, 0.15) is 0 Å². The van der Waals surface area contributed by atoms with E-state index in [9.17, 15) is 15.0 Å². The minimum absolute atomic E-state index is 0.0692. The lowest BCUT2D eigenvalue weighted by Crippen LogP contribution is -2.45. The van der Waals surface area contributed by atoms with E-state index in [-0.39, 0.29) is 12.5 Å². The third-order valence-electron chi connectivity index (χ3n) is 14.6. The summed E-state index contributed by atoms with van der Waals surface area (Å²) in [7, 11) is 0. The van der Waals surface area contributed by atoms with Gasteiger partial charge in [-0.25, -0.2) is 0 Å². The highest BCUT2D eigenvalue weighted by Crippen LogP contribution is 2.18. The van der Waals surface area contributed by atoms with Crippen LogP contribution in [0.2, 0.25) is 0 Å². The van der Waals surface area contributed by atoms with Gasteiger partial charge in [-0.2, -0.15) is 0 Å². The SMILES string of the molecule is CC/C=C\C/C=C\C/C=C\C/C=C\C/C=C\CCCCCCCCCCCCCCCCCCCCCCCCCCCC(=O)NC(CO)C(O)/C=C/CC/C=C/CCCCCCCCCCCCCCCC. The van der Waals surface area contributed by atoms with Crippen LogP contribution in [-0.2, 0) is 4.79 Å². The van der Waals surface area contributed by atoms with E-state index < -0.39 is 12.1 Å². The van der Waals surface area contributed by atoms with E-state index in [1.54, 1.807) is 6.08 Å². The lowest BCUT2D eigenvalue weighted by atomic mass is 10.0. The molecule has 0 saturated carbocycles. The summed E-state index contributed by atoms with van der Waals surface area (Å²) in [5, 5.41) is 23.2. The first-order valence-corrected chi connectivity index (χ1v) is 32.3. The molecule has 4 nitrogen and oxygen atoms in total. The molecule has 0 aromatic carbocycles. The van der Waals surface area contributed by atoms with Gasteiger partial charge >= 0.3 is 0 Å². The van der Waals surface area contributed by atoms with Crippen molar-refractivity contribution in [1.29, 1.82) is 0 Å². The molecule has 0 spiro atoms. The van der Waals surface area contributed by atoms with Crippen molar-refractivity contribution >= 4 is 5.91 Å². The van der Waals surface area contributed by atoms with Crippen LogP contribution in [0.4, 0.5) is 0 Å². The maximum absolute atomic E-state index is 12.5. The molecular weight excluding hydrogens is 891 g/mol. The molecule has 4 heteroatoms. The fourth-order valence-corrected chi connectivity index (χ4v) is 9.75. The molecule has 3 N–H and O–H groups in total. The monoisotopic (exact) mass is 1020 g/mol. The van der Waals surface area contributed by atoms with E-state index in [1.165, 1.54) is 244 Å². The highest BCUT2D eigenvalue weighted by Gasteiger charge is 2.18. The Morgan fingerprint density at radius 3 is 0.959 bits per heavy atom. The second-order valence-corrected chi connectivity index (χ2v) is 21.8. The Labute approximate surface area is 456 Å². The average Bonchev–Trinajstić information content (AvgIpc) is 3.40. The number of rotatable bonds is 59. The quantitative estimate of drug-likeness (QED) is 0.0420. The predicted octanol–water partition coefficient (Wildman–Crippen LogP) is 21.9. The van der Waals surface area contributed by atoms with Crippen LogP contribution >= 0.6 is 0 Å². The highest BCUT2D eigenvalue weighted by atomic mass is 16.3. The van der Waals surface area contributed by atoms with Crippen LogP contribution < -0.4 is 5.32 Å². The first-order valence-electron chi connectivity index (χ1n) is 32.3. The lowest BCUT2D eigenvalue weighted by Gasteiger charge is -2.19. The molecule has 73 heavy (non-hydrogen) atoms. The Balaban J connectivity index is 3.44. The van der Waals surface area contributed by atoms with Gasteiger partial charge in [0, 0.05) is 6.42 Å².